The number of phenolic OH excluding ortho intramolecular Hbond substituents is 1. The van der Waals surface area contributed by atoms with Gasteiger partial charge >= 0.3 is 0 Å². The zero-order valence-corrected chi connectivity index (χ0v) is 17.3. The summed E-state index contributed by atoms with van der Waals surface area (Å²) in [5.74, 6) is 2.07. The molecule has 1 fully saturated rings. The number of phenols is 1. The number of anilines is 1. The van der Waals surface area contributed by atoms with Gasteiger partial charge in [0.25, 0.3) is 0 Å². The Morgan fingerprint density at radius 1 is 1.07 bits per heavy atom. The number of piperazine rings is 1. The minimum atomic E-state index is 0.332. The molecule has 1 aliphatic heterocycles. The Morgan fingerprint density at radius 3 is 2.53 bits per heavy atom. The van der Waals surface area contributed by atoms with Crippen LogP contribution >= 0.6 is 0 Å². The number of rotatable bonds is 5. The molecule has 7 heteroatoms. The summed E-state index contributed by atoms with van der Waals surface area (Å²) in [7, 11) is 0. The fourth-order valence-corrected chi connectivity index (χ4v) is 3.67. The van der Waals surface area contributed by atoms with Gasteiger partial charge in [-0.1, -0.05) is 42.5 Å². The van der Waals surface area contributed by atoms with E-state index in [2.05, 4.69) is 44.1 Å². The molecule has 0 saturated carbocycles. The Morgan fingerprint density at radius 2 is 1.80 bits per heavy atom. The van der Waals surface area contributed by atoms with Crippen LogP contribution in [0.2, 0.25) is 0 Å². The van der Waals surface area contributed by atoms with Crippen LogP contribution in [0.25, 0.3) is 11.3 Å². The molecule has 2 heterocycles. The number of hydrogen-bond acceptors (Lipinski definition) is 4. The molecule has 1 saturated heterocycles. The topological polar surface area (TPSA) is 79.8 Å². The maximum Gasteiger partial charge on any atom is 0.194 e. The van der Waals surface area contributed by atoms with Crippen molar-refractivity contribution in [3.63, 3.8) is 0 Å². The van der Waals surface area contributed by atoms with Gasteiger partial charge in [-0.15, -0.1) is 0 Å². The average Bonchev–Trinajstić information content (AvgIpc) is 3.27. The van der Waals surface area contributed by atoms with E-state index in [0.717, 1.165) is 61.5 Å². The van der Waals surface area contributed by atoms with Crippen LogP contribution in [0.1, 0.15) is 12.7 Å². The van der Waals surface area contributed by atoms with Crippen molar-refractivity contribution in [2.45, 2.75) is 13.5 Å². The summed E-state index contributed by atoms with van der Waals surface area (Å²) < 4.78 is 0. The molecule has 0 amide bonds. The number of imidazole rings is 1. The van der Waals surface area contributed by atoms with Gasteiger partial charge in [-0.2, -0.15) is 0 Å². The van der Waals surface area contributed by atoms with Crippen molar-refractivity contribution in [3.8, 4) is 17.0 Å². The van der Waals surface area contributed by atoms with Gasteiger partial charge in [0.15, 0.2) is 5.96 Å². The maximum atomic E-state index is 10.1. The lowest BCUT2D eigenvalue weighted by atomic mass is 10.2. The van der Waals surface area contributed by atoms with E-state index >= 15 is 0 Å². The zero-order valence-electron chi connectivity index (χ0n) is 17.3. The number of aromatic amines is 1. The quantitative estimate of drug-likeness (QED) is 0.450. The van der Waals surface area contributed by atoms with E-state index in [1.54, 1.807) is 6.07 Å². The van der Waals surface area contributed by atoms with Crippen LogP contribution in [-0.4, -0.2) is 58.7 Å². The molecule has 4 rings (SSSR count). The van der Waals surface area contributed by atoms with E-state index in [1.165, 1.54) is 0 Å². The smallest absolute Gasteiger partial charge is 0.194 e. The van der Waals surface area contributed by atoms with Gasteiger partial charge in [0.1, 0.15) is 18.1 Å². The highest BCUT2D eigenvalue weighted by Crippen LogP contribution is 2.27. The molecule has 3 aromatic rings. The number of aromatic nitrogens is 2. The number of aromatic hydroxyl groups is 1. The first-order valence-electron chi connectivity index (χ1n) is 10.4. The minimum absolute atomic E-state index is 0.332. The highest BCUT2D eigenvalue weighted by Gasteiger charge is 2.21. The molecule has 0 atom stereocenters. The summed E-state index contributed by atoms with van der Waals surface area (Å²) in [5.41, 5.74) is 3.01. The highest BCUT2D eigenvalue weighted by atomic mass is 16.3. The molecule has 0 spiro atoms. The molecule has 0 radical (unpaired) electrons. The van der Waals surface area contributed by atoms with Crippen molar-refractivity contribution in [2.24, 2.45) is 4.99 Å². The minimum Gasteiger partial charge on any atom is -0.506 e. The molecule has 1 aliphatic rings. The SMILES string of the molecule is CCNC(=NCc1ncc(-c2ccccc2)[nH]1)N1CCN(c2ccccc2O)CC1. The van der Waals surface area contributed by atoms with Gasteiger partial charge in [-0.05, 0) is 24.6 Å². The number of aliphatic imine (C=N–C) groups is 1. The van der Waals surface area contributed by atoms with E-state index in [1.807, 2.05) is 42.6 Å². The summed E-state index contributed by atoms with van der Waals surface area (Å²) in [6.07, 6.45) is 1.86. The fraction of sp³-hybridized carbons (Fsp3) is 0.304. The molecular weight excluding hydrogens is 376 g/mol. The third-order valence-electron chi connectivity index (χ3n) is 5.23. The van der Waals surface area contributed by atoms with E-state index in [-0.39, 0.29) is 0 Å². The first-order chi connectivity index (χ1) is 14.7. The second-order valence-electron chi connectivity index (χ2n) is 7.24. The predicted molar refractivity (Wildman–Crippen MR) is 121 cm³/mol. The Hall–Kier alpha value is -3.48. The van der Waals surface area contributed by atoms with Gasteiger partial charge in [0, 0.05) is 32.7 Å². The van der Waals surface area contributed by atoms with Crippen molar-refractivity contribution in [1.29, 1.82) is 0 Å². The van der Waals surface area contributed by atoms with E-state index in [9.17, 15) is 5.11 Å². The molecule has 156 valence electrons. The van der Waals surface area contributed by atoms with Gasteiger partial charge in [0.05, 0.1) is 17.6 Å². The Bertz CT molecular complexity index is 976. The second kappa shape index (κ2) is 9.35. The van der Waals surface area contributed by atoms with Crippen LogP contribution < -0.4 is 10.2 Å². The lowest BCUT2D eigenvalue weighted by Crippen LogP contribution is -2.52. The van der Waals surface area contributed by atoms with Crippen LogP contribution in [-0.2, 0) is 6.54 Å². The third kappa shape index (κ3) is 4.56. The largest absolute Gasteiger partial charge is 0.506 e. The summed E-state index contributed by atoms with van der Waals surface area (Å²) in [4.78, 5) is 17.1. The first-order valence-corrected chi connectivity index (χ1v) is 10.4. The summed E-state index contributed by atoms with van der Waals surface area (Å²) >= 11 is 0. The molecule has 1 aromatic heterocycles. The molecule has 0 aliphatic carbocycles. The Balaban J connectivity index is 1.40. The normalized spacial score (nSPS) is 14.8. The zero-order chi connectivity index (χ0) is 20.8. The number of guanidine groups is 1. The number of nitrogens with one attached hydrogen (secondary N) is 2. The predicted octanol–water partition coefficient (Wildman–Crippen LogP) is 3.07. The first kappa shape index (κ1) is 19.8. The lowest BCUT2D eigenvalue weighted by molar-refractivity contribution is 0.369. The molecule has 0 bridgehead atoms. The van der Waals surface area contributed by atoms with Crippen LogP contribution in [0.5, 0.6) is 5.75 Å². The van der Waals surface area contributed by atoms with Crippen molar-refractivity contribution >= 4 is 11.6 Å². The van der Waals surface area contributed by atoms with Crippen LogP contribution in [0.3, 0.4) is 0 Å². The molecule has 7 nitrogen and oxygen atoms in total. The summed E-state index contributed by atoms with van der Waals surface area (Å²) in [6.45, 7) is 6.73. The van der Waals surface area contributed by atoms with E-state index < -0.39 is 0 Å². The molecule has 30 heavy (non-hydrogen) atoms. The molecular formula is C23H28N6O. The number of H-pyrrole nitrogens is 1. The lowest BCUT2D eigenvalue weighted by Gasteiger charge is -2.37. The number of benzene rings is 2. The van der Waals surface area contributed by atoms with Gasteiger partial charge in [0.2, 0.25) is 0 Å². The Kier molecular flexibility index (Phi) is 6.17. The number of para-hydroxylation sites is 2. The van der Waals surface area contributed by atoms with E-state index in [4.69, 9.17) is 4.99 Å². The molecule has 3 N–H and O–H groups in total. The van der Waals surface area contributed by atoms with Gasteiger partial charge < -0.3 is 25.2 Å². The number of hydrogen-bond donors (Lipinski definition) is 3. The van der Waals surface area contributed by atoms with Gasteiger partial charge in [-0.25, -0.2) is 9.98 Å². The average molecular weight is 405 g/mol. The molecule has 2 aromatic carbocycles. The van der Waals surface area contributed by atoms with Crippen LogP contribution in [0, 0.1) is 0 Å². The summed E-state index contributed by atoms with van der Waals surface area (Å²) in [6, 6.07) is 17.7. The number of nitrogens with zero attached hydrogens (tertiary/aromatic N) is 4. The fourth-order valence-electron chi connectivity index (χ4n) is 3.67. The second-order valence-corrected chi connectivity index (χ2v) is 7.24. The maximum absolute atomic E-state index is 10.1. The standard InChI is InChI=1S/C23H28N6O/c1-2-24-23(26-17-22-25-16-19(27-22)18-8-4-3-5-9-18)29-14-12-28(13-15-29)20-10-6-7-11-21(20)30/h3-11,16,30H,2,12-15,17H2,1H3,(H,24,26)(H,25,27). The van der Waals surface area contributed by atoms with Crippen LogP contribution in [0.4, 0.5) is 5.69 Å². The van der Waals surface area contributed by atoms with Gasteiger partial charge in [-0.3, -0.25) is 0 Å². The van der Waals surface area contributed by atoms with E-state index in [0.29, 0.717) is 12.3 Å². The third-order valence-corrected chi connectivity index (χ3v) is 5.23. The van der Waals surface area contributed by atoms with Crippen molar-refractivity contribution < 1.29 is 5.11 Å². The van der Waals surface area contributed by atoms with Crippen molar-refractivity contribution in [2.75, 3.05) is 37.6 Å². The molecule has 0 unspecified atom stereocenters. The highest BCUT2D eigenvalue weighted by molar-refractivity contribution is 5.80. The Labute approximate surface area is 177 Å². The monoisotopic (exact) mass is 404 g/mol. The van der Waals surface area contributed by atoms with Crippen LogP contribution in [0.15, 0.2) is 65.8 Å². The van der Waals surface area contributed by atoms with Crippen molar-refractivity contribution in [1.82, 2.24) is 20.2 Å². The van der Waals surface area contributed by atoms with Crippen molar-refractivity contribution in [3.05, 3.63) is 66.6 Å². The summed E-state index contributed by atoms with van der Waals surface area (Å²) in [5, 5.41) is 13.5.